The van der Waals surface area contributed by atoms with Gasteiger partial charge in [0.1, 0.15) is 0 Å². The van der Waals surface area contributed by atoms with E-state index in [4.69, 9.17) is 5.73 Å². The van der Waals surface area contributed by atoms with Crippen molar-refractivity contribution in [3.63, 3.8) is 0 Å². The fraction of sp³-hybridized carbons (Fsp3) is 0.333. The van der Waals surface area contributed by atoms with E-state index in [1.807, 2.05) is 0 Å². The molecule has 1 heterocycles. The summed E-state index contributed by atoms with van der Waals surface area (Å²) < 4.78 is 44.0. The Bertz CT molecular complexity index is 714. The molecule has 0 radical (unpaired) electrons. The number of alkyl halides is 3. The van der Waals surface area contributed by atoms with Crippen LogP contribution in [0.4, 0.5) is 18.3 Å². The van der Waals surface area contributed by atoms with Crippen LogP contribution >= 0.6 is 11.3 Å². The molecule has 0 fully saturated rings. The van der Waals surface area contributed by atoms with Gasteiger partial charge in [-0.2, -0.15) is 13.2 Å². The van der Waals surface area contributed by atoms with Gasteiger partial charge in [0.15, 0.2) is 5.13 Å². The lowest BCUT2D eigenvalue weighted by Gasteiger charge is -2.28. The molecule has 2 aromatic rings. The number of anilines is 1. The van der Waals surface area contributed by atoms with Gasteiger partial charge in [0.25, 0.3) is 5.60 Å². The van der Waals surface area contributed by atoms with Crippen LogP contribution in [0.3, 0.4) is 0 Å². The van der Waals surface area contributed by atoms with Crippen molar-refractivity contribution in [2.75, 3.05) is 12.8 Å². The standard InChI is InChI=1S/C12H11F3N2O3S/c1-5-3-6(4-7-8(5)17-10(16)21-7)11(19,9(18)20-2)12(13,14)15/h3-4,19H,1-2H3,(H2,16,17)/t11-/m1/s1. The maximum absolute atomic E-state index is 13.2. The number of thiazole rings is 1. The van der Waals surface area contributed by atoms with Crippen molar-refractivity contribution in [2.45, 2.75) is 18.7 Å². The Morgan fingerprint density at radius 2 is 2.05 bits per heavy atom. The highest BCUT2D eigenvalue weighted by Crippen LogP contribution is 2.42. The van der Waals surface area contributed by atoms with E-state index in [0.717, 1.165) is 30.6 Å². The van der Waals surface area contributed by atoms with Crippen LogP contribution in [0, 0.1) is 6.92 Å². The quantitative estimate of drug-likeness (QED) is 0.828. The average molecular weight is 320 g/mol. The summed E-state index contributed by atoms with van der Waals surface area (Å²) >= 11 is 0.963. The molecular weight excluding hydrogens is 309 g/mol. The monoisotopic (exact) mass is 320 g/mol. The van der Waals surface area contributed by atoms with E-state index < -0.39 is 23.3 Å². The highest BCUT2D eigenvalue weighted by atomic mass is 32.1. The molecule has 0 amide bonds. The number of ether oxygens (including phenoxy) is 1. The Hall–Kier alpha value is -1.87. The van der Waals surface area contributed by atoms with Crippen molar-refractivity contribution >= 4 is 32.7 Å². The number of nitrogen functional groups attached to an aromatic ring is 1. The third-order valence-corrected chi connectivity index (χ3v) is 3.84. The van der Waals surface area contributed by atoms with Crippen LogP contribution in [0.15, 0.2) is 12.1 Å². The molecule has 114 valence electrons. The number of rotatable bonds is 2. The van der Waals surface area contributed by atoms with E-state index >= 15 is 0 Å². The minimum absolute atomic E-state index is 0.180. The number of aliphatic hydroxyl groups is 1. The lowest BCUT2D eigenvalue weighted by Crippen LogP contribution is -2.49. The van der Waals surface area contributed by atoms with Gasteiger partial charge < -0.3 is 15.6 Å². The van der Waals surface area contributed by atoms with Crippen LogP contribution in [-0.2, 0) is 15.1 Å². The second-order valence-electron chi connectivity index (χ2n) is 4.39. The molecular formula is C12H11F3N2O3S. The number of hydrogen-bond donors (Lipinski definition) is 2. The fourth-order valence-electron chi connectivity index (χ4n) is 1.97. The summed E-state index contributed by atoms with van der Waals surface area (Å²) in [5.74, 6) is -1.80. The highest BCUT2D eigenvalue weighted by Gasteiger charge is 2.62. The third kappa shape index (κ3) is 2.32. The number of carbonyl (C=O) groups is 1. The first-order chi connectivity index (χ1) is 9.61. The van der Waals surface area contributed by atoms with Crippen LogP contribution in [0.25, 0.3) is 10.2 Å². The van der Waals surface area contributed by atoms with Gasteiger partial charge in [-0.05, 0) is 24.6 Å². The number of nitrogens with two attached hydrogens (primary N) is 1. The molecule has 0 bridgehead atoms. The second kappa shape index (κ2) is 4.85. The predicted octanol–water partition coefficient (Wildman–Crippen LogP) is 2.11. The largest absolute Gasteiger partial charge is 0.466 e. The Morgan fingerprint density at radius 1 is 1.43 bits per heavy atom. The first-order valence-electron chi connectivity index (χ1n) is 5.66. The number of nitrogens with zero attached hydrogens (tertiary/aromatic N) is 1. The predicted molar refractivity (Wildman–Crippen MR) is 70.7 cm³/mol. The van der Waals surface area contributed by atoms with Crippen molar-refractivity contribution < 1.29 is 27.8 Å². The van der Waals surface area contributed by atoms with Gasteiger partial charge in [0, 0.05) is 5.56 Å². The van der Waals surface area contributed by atoms with Gasteiger partial charge >= 0.3 is 12.1 Å². The molecule has 1 aromatic carbocycles. The normalized spacial score (nSPS) is 15.0. The Kier molecular flexibility index (Phi) is 3.58. The molecule has 0 saturated carbocycles. The molecule has 0 aliphatic rings. The molecule has 3 N–H and O–H groups in total. The number of benzene rings is 1. The number of esters is 1. The number of aryl methyl sites for hydroxylation is 1. The zero-order valence-corrected chi connectivity index (χ0v) is 11.8. The third-order valence-electron chi connectivity index (χ3n) is 3.01. The molecule has 0 aliphatic heterocycles. The molecule has 21 heavy (non-hydrogen) atoms. The van der Waals surface area contributed by atoms with Crippen molar-refractivity contribution in [3.05, 3.63) is 23.3 Å². The molecule has 0 unspecified atom stereocenters. The Balaban J connectivity index is 2.74. The van der Waals surface area contributed by atoms with E-state index in [1.165, 1.54) is 6.92 Å². The Labute approximate surface area is 121 Å². The van der Waals surface area contributed by atoms with E-state index in [1.54, 1.807) is 0 Å². The number of methoxy groups -OCH3 is 1. The maximum atomic E-state index is 13.2. The maximum Gasteiger partial charge on any atom is 0.432 e. The molecule has 0 aliphatic carbocycles. The van der Waals surface area contributed by atoms with Gasteiger partial charge in [0.2, 0.25) is 0 Å². The summed E-state index contributed by atoms with van der Waals surface area (Å²) in [5.41, 5.74) is 1.95. The first kappa shape index (κ1) is 15.5. The van der Waals surface area contributed by atoms with Gasteiger partial charge in [-0.25, -0.2) is 9.78 Å². The molecule has 9 heteroatoms. The Morgan fingerprint density at radius 3 is 2.57 bits per heavy atom. The van der Waals surface area contributed by atoms with Gasteiger partial charge in [-0.3, -0.25) is 0 Å². The molecule has 1 aromatic heterocycles. The van der Waals surface area contributed by atoms with Crippen LogP contribution < -0.4 is 5.73 Å². The molecule has 0 saturated heterocycles. The number of hydrogen-bond acceptors (Lipinski definition) is 6. The summed E-state index contributed by atoms with van der Waals surface area (Å²) in [5, 5.41) is 10.1. The summed E-state index contributed by atoms with van der Waals surface area (Å²) in [7, 11) is 0.773. The number of carbonyl (C=O) groups excluding carboxylic acids is 1. The average Bonchev–Trinajstić information content (AvgIpc) is 2.76. The van der Waals surface area contributed by atoms with E-state index in [2.05, 4.69) is 9.72 Å². The van der Waals surface area contributed by atoms with E-state index in [-0.39, 0.29) is 5.13 Å². The first-order valence-corrected chi connectivity index (χ1v) is 6.47. The number of aromatic nitrogens is 1. The molecule has 2 rings (SSSR count). The minimum atomic E-state index is -5.23. The van der Waals surface area contributed by atoms with Crippen molar-refractivity contribution in [1.82, 2.24) is 4.98 Å². The molecule has 1 atom stereocenters. The topological polar surface area (TPSA) is 85.4 Å². The summed E-state index contributed by atoms with van der Waals surface area (Å²) in [6.07, 6.45) is -5.23. The van der Waals surface area contributed by atoms with Crippen LogP contribution in [0.2, 0.25) is 0 Å². The van der Waals surface area contributed by atoms with Crippen molar-refractivity contribution in [1.29, 1.82) is 0 Å². The van der Waals surface area contributed by atoms with Crippen molar-refractivity contribution in [3.8, 4) is 0 Å². The SMILES string of the molecule is COC(=O)[C@](O)(c1cc(C)c2nc(N)sc2c1)C(F)(F)F. The molecule has 0 spiro atoms. The zero-order chi connectivity index (χ0) is 16.0. The number of halogens is 3. The molecule has 5 nitrogen and oxygen atoms in total. The lowest BCUT2D eigenvalue weighted by atomic mass is 9.91. The minimum Gasteiger partial charge on any atom is -0.466 e. The summed E-state index contributed by atoms with van der Waals surface area (Å²) in [6, 6.07) is 2.09. The highest BCUT2D eigenvalue weighted by molar-refractivity contribution is 7.22. The second-order valence-corrected chi connectivity index (χ2v) is 5.45. The van der Waals surface area contributed by atoms with Gasteiger partial charge in [-0.1, -0.05) is 11.3 Å². The number of fused-ring (bicyclic) bond motifs is 1. The van der Waals surface area contributed by atoms with E-state index in [9.17, 15) is 23.1 Å². The zero-order valence-electron chi connectivity index (χ0n) is 11.0. The summed E-state index contributed by atoms with van der Waals surface area (Å²) in [6.45, 7) is 1.51. The van der Waals surface area contributed by atoms with Crippen LogP contribution in [0.1, 0.15) is 11.1 Å². The van der Waals surface area contributed by atoms with Crippen LogP contribution in [0.5, 0.6) is 0 Å². The lowest BCUT2D eigenvalue weighted by molar-refractivity contribution is -0.266. The van der Waals surface area contributed by atoms with Gasteiger partial charge in [0.05, 0.1) is 17.3 Å². The van der Waals surface area contributed by atoms with E-state index in [0.29, 0.717) is 15.8 Å². The fourth-order valence-corrected chi connectivity index (χ4v) is 2.82. The van der Waals surface area contributed by atoms with Crippen molar-refractivity contribution in [2.24, 2.45) is 0 Å². The smallest absolute Gasteiger partial charge is 0.432 e. The van der Waals surface area contributed by atoms with Crippen LogP contribution in [-0.4, -0.2) is 29.3 Å². The van der Waals surface area contributed by atoms with Gasteiger partial charge in [-0.15, -0.1) is 0 Å². The summed E-state index contributed by atoms with van der Waals surface area (Å²) in [4.78, 5) is 15.5.